The van der Waals surface area contributed by atoms with Crippen LogP contribution in [0.4, 0.5) is 0 Å². The smallest absolute Gasteiger partial charge is 0.179 e. The van der Waals surface area contributed by atoms with E-state index in [1.165, 1.54) is 13.3 Å². The lowest BCUT2D eigenvalue weighted by Crippen LogP contribution is -2.19. The molecule has 0 saturated carbocycles. The fourth-order valence-corrected chi connectivity index (χ4v) is 1.93. The van der Waals surface area contributed by atoms with Crippen molar-refractivity contribution in [1.29, 1.82) is 0 Å². The van der Waals surface area contributed by atoms with Crippen LogP contribution in [0.25, 0.3) is 0 Å². The van der Waals surface area contributed by atoms with Crippen LogP contribution in [0, 0.1) is 5.92 Å². The molecule has 0 bridgehead atoms. The summed E-state index contributed by atoms with van der Waals surface area (Å²) in [5.74, 6) is 0.580. The van der Waals surface area contributed by atoms with Gasteiger partial charge >= 0.3 is 0 Å². The highest BCUT2D eigenvalue weighted by atomic mass is 16.5. The van der Waals surface area contributed by atoms with Crippen molar-refractivity contribution in [3.8, 4) is 0 Å². The van der Waals surface area contributed by atoms with E-state index in [0.29, 0.717) is 11.6 Å². The molecular formula is C11H16N2O2. The Balaban J connectivity index is 1.94. The Hall–Kier alpha value is -1.16. The summed E-state index contributed by atoms with van der Waals surface area (Å²) in [6, 6.07) is 1.84. The molecule has 4 nitrogen and oxygen atoms in total. The van der Waals surface area contributed by atoms with E-state index in [0.717, 1.165) is 31.7 Å². The molecule has 2 rings (SSSR count). The van der Waals surface area contributed by atoms with Crippen LogP contribution < -0.4 is 0 Å². The van der Waals surface area contributed by atoms with E-state index in [1.54, 1.807) is 0 Å². The Morgan fingerprint density at radius 2 is 2.60 bits per heavy atom. The standard InChI is InChI=1S/C11H16N2O2/c1-8(14)11-6-10(12-13-11)5-9-3-2-4-15-7-9/h6,9H,2-5,7H2,1H3,(H,12,13). The zero-order valence-electron chi connectivity index (χ0n) is 8.95. The third-order valence-corrected chi connectivity index (χ3v) is 2.75. The van der Waals surface area contributed by atoms with E-state index in [2.05, 4.69) is 10.2 Å². The van der Waals surface area contributed by atoms with Crippen molar-refractivity contribution < 1.29 is 9.53 Å². The topological polar surface area (TPSA) is 55.0 Å². The minimum atomic E-state index is 0.0115. The summed E-state index contributed by atoms with van der Waals surface area (Å²) in [5, 5.41) is 6.87. The van der Waals surface area contributed by atoms with Gasteiger partial charge in [0.2, 0.25) is 0 Å². The summed E-state index contributed by atoms with van der Waals surface area (Å²) in [6.45, 7) is 3.25. The SMILES string of the molecule is CC(=O)c1cc(CC2CCCOC2)[nH]n1. The van der Waals surface area contributed by atoms with Crippen molar-refractivity contribution in [1.82, 2.24) is 10.2 Å². The van der Waals surface area contributed by atoms with Crippen LogP contribution in [0.3, 0.4) is 0 Å². The minimum Gasteiger partial charge on any atom is -0.381 e. The summed E-state index contributed by atoms with van der Waals surface area (Å²) >= 11 is 0. The van der Waals surface area contributed by atoms with Crippen molar-refractivity contribution in [3.05, 3.63) is 17.5 Å². The Kier molecular flexibility index (Phi) is 3.16. The quantitative estimate of drug-likeness (QED) is 0.767. The predicted molar refractivity (Wildman–Crippen MR) is 55.8 cm³/mol. The lowest BCUT2D eigenvalue weighted by Gasteiger charge is -2.20. The molecule has 2 heterocycles. The second-order valence-electron chi connectivity index (χ2n) is 4.12. The number of hydrogen-bond acceptors (Lipinski definition) is 3. The number of carbonyl (C=O) groups is 1. The number of nitrogens with one attached hydrogen (secondary N) is 1. The van der Waals surface area contributed by atoms with Crippen LogP contribution in [0.2, 0.25) is 0 Å². The molecule has 1 aromatic heterocycles. The Labute approximate surface area is 89.0 Å². The maximum atomic E-state index is 11.0. The zero-order chi connectivity index (χ0) is 10.7. The van der Waals surface area contributed by atoms with Crippen LogP contribution in [0.1, 0.15) is 35.9 Å². The van der Waals surface area contributed by atoms with Gasteiger partial charge in [0.1, 0.15) is 5.69 Å². The number of nitrogens with zero attached hydrogens (tertiary/aromatic N) is 1. The molecule has 1 fully saturated rings. The molecule has 0 spiro atoms. The van der Waals surface area contributed by atoms with E-state index in [9.17, 15) is 4.79 Å². The normalized spacial score (nSPS) is 21.5. The fourth-order valence-electron chi connectivity index (χ4n) is 1.93. The van der Waals surface area contributed by atoms with E-state index in [-0.39, 0.29) is 5.78 Å². The van der Waals surface area contributed by atoms with Gasteiger partial charge in [-0.25, -0.2) is 0 Å². The fraction of sp³-hybridized carbons (Fsp3) is 0.636. The van der Waals surface area contributed by atoms with Crippen LogP contribution in [-0.4, -0.2) is 29.2 Å². The van der Waals surface area contributed by atoms with Gasteiger partial charge in [-0.3, -0.25) is 9.89 Å². The number of H-pyrrole nitrogens is 1. The van der Waals surface area contributed by atoms with Gasteiger partial charge in [-0.1, -0.05) is 0 Å². The molecule has 1 unspecified atom stereocenters. The highest BCUT2D eigenvalue weighted by Crippen LogP contribution is 2.18. The third-order valence-electron chi connectivity index (χ3n) is 2.75. The molecule has 1 N–H and O–H groups in total. The molecule has 0 aliphatic carbocycles. The van der Waals surface area contributed by atoms with E-state index < -0.39 is 0 Å². The number of hydrogen-bond donors (Lipinski definition) is 1. The Morgan fingerprint density at radius 1 is 1.73 bits per heavy atom. The lowest BCUT2D eigenvalue weighted by atomic mass is 9.97. The zero-order valence-corrected chi connectivity index (χ0v) is 8.95. The number of ether oxygens (including phenoxy) is 1. The van der Waals surface area contributed by atoms with Gasteiger partial charge in [-0.05, 0) is 31.2 Å². The predicted octanol–water partition coefficient (Wildman–Crippen LogP) is 1.58. The highest BCUT2D eigenvalue weighted by molar-refractivity contribution is 5.92. The number of ketones is 1. The van der Waals surface area contributed by atoms with Gasteiger partial charge in [0, 0.05) is 25.8 Å². The number of aromatic nitrogens is 2. The molecule has 0 amide bonds. The molecule has 4 heteroatoms. The monoisotopic (exact) mass is 208 g/mol. The molecule has 0 aromatic carbocycles. The molecule has 1 aliphatic rings. The van der Waals surface area contributed by atoms with Gasteiger partial charge in [0.25, 0.3) is 0 Å². The first-order chi connectivity index (χ1) is 7.25. The van der Waals surface area contributed by atoms with Gasteiger partial charge in [-0.2, -0.15) is 5.10 Å². The maximum Gasteiger partial charge on any atom is 0.179 e. The molecule has 15 heavy (non-hydrogen) atoms. The second kappa shape index (κ2) is 4.57. The number of carbonyl (C=O) groups excluding carboxylic acids is 1. The summed E-state index contributed by atoms with van der Waals surface area (Å²) in [7, 11) is 0. The average molecular weight is 208 g/mol. The summed E-state index contributed by atoms with van der Waals surface area (Å²) in [5.41, 5.74) is 1.57. The van der Waals surface area contributed by atoms with Gasteiger partial charge < -0.3 is 4.74 Å². The average Bonchev–Trinajstić information content (AvgIpc) is 2.68. The van der Waals surface area contributed by atoms with Gasteiger partial charge in [-0.15, -0.1) is 0 Å². The first-order valence-corrected chi connectivity index (χ1v) is 5.38. The van der Waals surface area contributed by atoms with E-state index in [4.69, 9.17) is 4.74 Å². The summed E-state index contributed by atoms with van der Waals surface area (Å²) in [4.78, 5) is 11.0. The van der Waals surface area contributed by atoms with Gasteiger partial charge in [0.05, 0.1) is 0 Å². The van der Waals surface area contributed by atoms with Gasteiger partial charge in [0.15, 0.2) is 5.78 Å². The van der Waals surface area contributed by atoms with Crippen LogP contribution in [-0.2, 0) is 11.2 Å². The minimum absolute atomic E-state index is 0.0115. The Bertz CT molecular complexity index is 340. The van der Waals surface area contributed by atoms with E-state index in [1.807, 2.05) is 6.07 Å². The number of rotatable bonds is 3. The van der Waals surface area contributed by atoms with Crippen molar-refractivity contribution in [3.63, 3.8) is 0 Å². The van der Waals surface area contributed by atoms with Crippen molar-refractivity contribution in [2.24, 2.45) is 5.92 Å². The van der Waals surface area contributed by atoms with Crippen LogP contribution in [0.5, 0.6) is 0 Å². The third kappa shape index (κ3) is 2.65. The number of Topliss-reactive ketones (excluding diaryl/α,β-unsaturated/α-hetero) is 1. The maximum absolute atomic E-state index is 11.0. The first-order valence-electron chi connectivity index (χ1n) is 5.38. The molecule has 1 atom stereocenters. The van der Waals surface area contributed by atoms with Crippen molar-refractivity contribution >= 4 is 5.78 Å². The van der Waals surface area contributed by atoms with Crippen LogP contribution >= 0.6 is 0 Å². The molecule has 1 aliphatic heterocycles. The summed E-state index contributed by atoms with van der Waals surface area (Å²) < 4.78 is 5.41. The van der Waals surface area contributed by atoms with Crippen molar-refractivity contribution in [2.45, 2.75) is 26.2 Å². The Morgan fingerprint density at radius 3 is 3.20 bits per heavy atom. The number of aromatic amines is 1. The highest BCUT2D eigenvalue weighted by Gasteiger charge is 2.16. The molecular weight excluding hydrogens is 192 g/mol. The van der Waals surface area contributed by atoms with Crippen LogP contribution in [0.15, 0.2) is 6.07 Å². The lowest BCUT2D eigenvalue weighted by molar-refractivity contribution is 0.0547. The van der Waals surface area contributed by atoms with E-state index >= 15 is 0 Å². The summed E-state index contributed by atoms with van der Waals surface area (Å²) in [6.07, 6.45) is 3.27. The molecule has 0 radical (unpaired) electrons. The van der Waals surface area contributed by atoms with Crippen molar-refractivity contribution in [2.75, 3.05) is 13.2 Å². The molecule has 82 valence electrons. The molecule has 1 saturated heterocycles. The molecule has 1 aromatic rings. The largest absolute Gasteiger partial charge is 0.381 e. The second-order valence-corrected chi connectivity index (χ2v) is 4.12. The first kappa shape index (κ1) is 10.4.